The number of carbonyl (C=O) groups excluding carboxylic acids is 1. The minimum absolute atomic E-state index is 0.0343. The van der Waals surface area contributed by atoms with Crippen molar-refractivity contribution in [3.63, 3.8) is 0 Å². The number of piperidine rings is 1. The highest BCUT2D eigenvalue weighted by Crippen LogP contribution is 2.29. The van der Waals surface area contributed by atoms with Gasteiger partial charge in [-0.25, -0.2) is 13.8 Å². The van der Waals surface area contributed by atoms with Crippen LogP contribution in [0.15, 0.2) is 48.8 Å². The van der Waals surface area contributed by atoms with E-state index in [1.807, 2.05) is 0 Å². The van der Waals surface area contributed by atoms with E-state index in [-0.39, 0.29) is 23.1 Å². The number of aliphatic hydroxyl groups excluding tert-OH is 1. The van der Waals surface area contributed by atoms with Gasteiger partial charge in [-0.2, -0.15) is 0 Å². The van der Waals surface area contributed by atoms with Crippen LogP contribution in [0.2, 0.25) is 0 Å². The molecule has 0 radical (unpaired) electrons. The molecule has 3 aromatic rings. The van der Waals surface area contributed by atoms with Crippen LogP contribution in [-0.2, 0) is 6.42 Å². The third-order valence-corrected chi connectivity index (χ3v) is 5.64. The summed E-state index contributed by atoms with van der Waals surface area (Å²) in [6.45, 7) is 3.11. The number of rotatable bonds is 5. The molecule has 0 aliphatic carbocycles. The van der Waals surface area contributed by atoms with Gasteiger partial charge in [-0.3, -0.25) is 9.78 Å². The molecule has 0 saturated carbocycles. The van der Waals surface area contributed by atoms with Crippen molar-refractivity contribution in [1.29, 1.82) is 0 Å². The van der Waals surface area contributed by atoms with Crippen LogP contribution in [0.3, 0.4) is 0 Å². The van der Waals surface area contributed by atoms with Crippen molar-refractivity contribution >= 4 is 17.3 Å². The Hall–Kier alpha value is -3.39. The van der Waals surface area contributed by atoms with Crippen molar-refractivity contribution in [2.24, 2.45) is 0 Å². The van der Waals surface area contributed by atoms with Gasteiger partial charge in [0.1, 0.15) is 17.3 Å². The quantitative estimate of drug-likeness (QED) is 0.624. The zero-order valence-electron chi connectivity index (χ0n) is 17.7. The number of carbonyl (C=O) groups is 1. The third-order valence-electron chi connectivity index (χ3n) is 5.64. The second-order valence-electron chi connectivity index (χ2n) is 7.72. The molecule has 1 amide bonds. The van der Waals surface area contributed by atoms with E-state index >= 15 is 0 Å². The van der Waals surface area contributed by atoms with Crippen LogP contribution in [-0.4, -0.2) is 40.2 Å². The van der Waals surface area contributed by atoms with E-state index in [1.54, 1.807) is 31.5 Å². The predicted molar refractivity (Wildman–Crippen MR) is 119 cm³/mol. The lowest BCUT2D eigenvalue weighted by molar-refractivity contribution is 0.102. The monoisotopic (exact) mass is 438 g/mol. The first-order valence-electron chi connectivity index (χ1n) is 10.6. The second kappa shape index (κ2) is 9.40. The van der Waals surface area contributed by atoms with Gasteiger partial charge < -0.3 is 15.3 Å². The topological polar surface area (TPSA) is 78.4 Å². The molecule has 4 rings (SSSR count). The fraction of sp³-hybridized carbons (Fsp3) is 0.292. The number of benzene rings is 1. The van der Waals surface area contributed by atoms with Gasteiger partial charge in [0.2, 0.25) is 0 Å². The molecule has 1 fully saturated rings. The molecule has 8 heteroatoms. The highest BCUT2D eigenvalue weighted by molar-refractivity contribution is 6.04. The first kappa shape index (κ1) is 21.8. The van der Waals surface area contributed by atoms with Crippen LogP contribution in [0.1, 0.15) is 35.8 Å². The summed E-state index contributed by atoms with van der Waals surface area (Å²) in [6.07, 6.45) is 4.58. The summed E-state index contributed by atoms with van der Waals surface area (Å²) < 4.78 is 29.2. The van der Waals surface area contributed by atoms with Gasteiger partial charge in [0.15, 0.2) is 0 Å². The molecule has 0 bridgehead atoms. The molecular formula is C24H24F2N4O2. The molecule has 32 heavy (non-hydrogen) atoms. The molecule has 2 N–H and O–H groups in total. The molecule has 2 aromatic heterocycles. The number of amides is 1. The number of aromatic nitrogens is 2. The van der Waals surface area contributed by atoms with Crippen LogP contribution in [0.5, 0.6) is 0 Å². The first-order valence-corrected chi connectivity index (χ1v) is 10.6. The summed E-state index contributed by atoms with van der Waals surface area (Å²) in [4.78, 5) is 23.3. The van der Waals surface area contributed by atoms with Crippen LogP contribution >= 0.6 is 0 Å². The van der Waals surface area contributed by atoms with E-state index in [9.17, 15) is 18.7 Å². The lowest BCUT2D eigenvalue weighted by Gasteiger charge is -2.32. The number of nitrogens with zero attached hydrogens (tertiary/aromatic N) is 3. The van der Waals surface area contributed by atoms with Crippen LogP contribution in [0, 0.1) is 11.6 Å². The normalized spacial score (nSPS) is 14.4. The number of aryl methyl sites for hydroxylation is 1. The Morgan fingerprint density at radius 1 is 1.19 bits per heavy atom. The standard InChI is InChI=1S/C24H24F2N4O2/c1-2-15-6-7-17(25)22(23(15)26)18-4-3-5-19(28-18)24(32)29-20-14-27-11-8-21(20)30-12-9-16(31)10-13-30/h3-8,11,14,16,31H,2,9-10,12-13H2,1H3,(H,29,32). The maximum absolute atomic E-state index is 14.8. The molecular weight excluding hydrogens is 414 g/mol. The van der Waals surface area contributed by atoms with Crippen molar-refractivity contribution in [2.45, 2.75) is 32.3 Å². The molecule has 1 aliphatic heterocycles. The number of hydrogen-bond acceptors (Lipinski definition) is 5. The van der Waals surface area contributed by atoms with Gasteiger partial charge in [0.05, 0.1) is 34.9 Å². The Morgan fingerprint density at radius 3 is 2.72 bits per heavy atom. The molecule has 0 unspecified atom stereocenters. The fourth-order valence-corrected chi connectivity index (χ4v) is 3.86. The minimum atomic E-state index is -0.730. The molecule has 6 nitrogen and oxygen atoms in total. The molecule has 1 saturated heterocycles. The van der Waals surface area contributed by atoms with Gasteiger partial charge in [0, 0.05) is 19.3 Å². The van der Waals surface area contributed by atoms with E-state index < -0.39 is 17.5 Å². The van der Waals surface area contributed by atoms with E-state index in [0.29, 0.717) is 43.6 Å². The molecule has 0 atom stereocenters. The first-order chi connectivity index (χ1) is 15.5. The SMILES string of the molecule is CCc1ccc(F)c(-c2cccc(C(=O)Nc3cnccc3N3CCC(O)CC3)n2)c1F. The molecule has 1 aromatic carbocycles. The predicted octanol–water partition coefficient (Wildman–Crippen LogP) is 4.20. The van der Waals surface area contributed by atoms with Crippen LogP contribution < -0.4 is 10.2 Å². The number of anilines is 2. The Labute approximate surface area is 184 Å². The van der Waals surface area contributed by atoms with Crippen molar-refractivity contribution in [2.75, 3.05) is 23.3 Å². The molecule has 0 spiro atoms. The Bertz CT molecular complexity index is 1130. The number of pyridine rings is 2. The van der Waals surface area contributed by atoms with Crippen molar-refractivity contribution in [3.8, 4) is 11.3 Å². The summed E-state index contributed by atoms with van der Waals surface area (Å²) in [5.74, 6) is -1.91. The number of aliphatic hydroxyl groups is 1. The number of hydrogen-bond donors (Lipinski definition) is 2. The molecule has 3 heterocycles. The minimum Gasteiger partial charge on any atom is -0.393 e. The summed E-state index contributed by atoms with van der Waals surface area (Å²) in [6, 6.07) is 8.94. The van der Waals surface area contributed by atoms with Crippen molar-refractivity contribution in [3.05, 3.63) is 71.7 Å². The highest BCUT2D eigenvalue weighted by Gasteiger charge is 2.21. The summed E-state index contributed by atoms with van der Waals surface area (Å²) in [5, 5.41) is 12.6. The van der Waals surface area contributed by atoms with Crippen molar-refractivity contribution < 1.29 is 18.7 Å². The van der Waals surface area contributed by atoms with E-state index in [4.69, 9.17) is 0 Å². The van der Waals surface area contributed by atoms with Gasteiger partial charge in [-0.05, 0) is 49.1 Å². The van der Waals surface area contributed by atoms with E-state index in [1.165, 1.54) is 24.3 Å². The maximum atomic E-state index is 14.8. The molecule has 1 aliphatic rings. The van der Waals surface area contributed by atoms with Gasteiger partial charge >= 0.3 is 0 Å². The summed E-state index contributed by atoms with van der Waals surface area (Å²) in [5.41, 5.74) is 1.53. The summed E-state index contributed by atoms with van der Waals surface area (Å²) >= 11 is 0. The second-order valence-corrected chi connectivity index (χ2v) is 7.72. The fourth-order valence-electron chi connectivity index (χ4n) is 3.86. The van der Waals surface area contributed by atoms with E-state index in [0.717, 1.165) is 5.69 Å². The lowest BCUT2D eigenvalue weighted by atomic mass is 10.0. The largest absolute Gasteiger partial charge is 0.393 e. The average Bonchev–Trinajstić information content (AvgIpc) is 2.80. The number of nitrogens with one attached hydrogen (secondary N) is 1. The summed E-state index contributed by atoms with van der Waals surface area (Å²) in [7, 11) is 0. The van der Waals surface area contributed by atoms with Crippen LogP contribution in [0.25, 0.3) is 11.3 Å². The highest BCUT2D eigenvalue weighted by atomic mass is 19.1. The molecule has 166 valence electrons. The zero-order valence-corrected chi connectivity index (χ0v) is 17.7. The lowest BCUT2D eigenvalue weighted by Crippen LogP contribution is -2.36. The Balaban J connectivity index is 1.61. The van der Waals surface area contributed by atoms with Crippen LogP contribution in [0.4, 0.5) is 20.2 Å². The van der Waals surface area contributed by atoms with Crippen molar-refractivity contribution in [1.82, 2.24) is 9.97 Å². The van der Waals surface area contributed by atoms with Gasteiger partial charge in [-0.1, -0.05) is 19.1 Å². The van der Waals surface area contributed by atoms with Gasteiger partial charge in [0.25, 0.3) is 5.91 Å². The average molecular weight is 438 g/mol. The third kappa shape index (κ3) is 4.45. The Morgan fingerprint density at radius 2 is 1.97 bits per heavy atom. The van der Waals surface area contributed by atoms with E-state index in [2.05, 4.69) is 20.2 Å². The van der Waals surface area contributed by atoms with Gasteiger partial charge in [-0.15, -0.1) is 0 Å². The Kier molecular flexibility index (Phi) is 6.41. The smallest absolute Gasteiger partial charge is 0.274 e. The number of halogens is 2. The zero-order chi connectivity index (χ0) is 22.7. The maximum Gasteiger partial charge on any atom is 0.274 e.